The quantitative estimate of drug-likeness (QED) is 0.612. The van der Waals surface area contributed by atoms with Gasteiger partial charge in [0, 0.05) is 23.1 Å². The zero-order valence-corrected chi connectivity index (χ0v) is 16.3. The van der Waals surface area contributed by atoms with Crippen molar-refractivity contribution in [2.45, 2.75) is 25.5 Å². The maximum atomic E-state index is 12.3. The van der Waals surface area contributed by atoms with E-state index in [1.54, 1.807) is 6.20 Å². The molecule has 0 bridgehead atoms. The minimum atomic E-state index is -0.0488. The molecule has 4 nitrogen and oxygen atoms in total. The molecule has 1 amide bonds. The number of rotatable bonds is 6. The fourth-order valence-electron chi connectivity index (χ4n) is 2.74. The van der Waals surface area contributed by atoms with Gasteiger partial charge in [-0.1, -0.05) is 47.6 Å². The van der Waals surface area contributed by atoms with Crippen LogP contribution in [0, 0.1) is 13.8 Å². The summed E-state index contributed by atoms with van der Waals surface area (Å²) in [4.78, 5) is 16.6. The number of thioether (sulfide) groups is 1. The number of benzene rings is 2. The van der Waals surface area contributed by atoms with Crippen LogP contribution in [0.3, 0.4) is 0 Å². The third-order valence-corrected chi connectivity index (χ3v) is 5.19. The number of nitrogens with zero attached hydrogens (tertiary/aromatic N) is 2. The average Bonchev–Trinajstić information content (AvgIpc) is 3.01. The van der Waals surface area contributed by atoms with Gasteiger partial charge in [0.1, 0.15) is 0 Å². The molecule has 0 aliphatic rings. The van der Waals surface area contributed by atoms with Crippen molar-refractivity contribution in [3.63, 3.8) is 0 Å². The number of halogens is 1. The van der Waals surface area contributed by atoms with Crippen molar-refractivity contribution in [3.8, 4) is 0 Å². The van der Waals surface area contributed by atoms with Gasteiger partial charge in [0.2, 0.25) is 5.91 Å². The minimum absolute atomic E-state index is 0.0488. The van der Waals surface area contributed by atoms with Gasteiger partial charge in [-0.15, -0.1) is 0 Å². The summed E-state index contributed by atoms with van der Waals surface area (Å²) < 4.78 is 2.00. The number of nitrogens with one attached hydrogen (secondary N) is 1. The smallest absolute Gasteiger partial charge is 0.234 e. The number of aromatic nitrogens is 2. The van der Waals surface area contributed by atoms with Crippen LogP contribution in [0.25, 0.3) is 0 Å². The largest absolute Gasteiger partial charge is 0.325 e. The predicted octanol–water partition coefficient (Wildman–Crippen LogP) is 4.93. The standard InChI is InChI=1S/C20H20ClN3OS/c1-14-9-15(2)11-17(10-14)23-19(25)13-26-20-22-7-8-24(20)12-16-5-3-4-6-18(16)21/h3-11H,12-13H2,1-2H3,(H,23,25). The summed E-state index contributed by atoms with van der Waals surface area (Å²) in [6, 6.07) is 13.7. The van der Waals surface area contributed by atoms with Gasteiger partial charge in [-0.3, -0.25) is 4.79 Å². The van der Waals surface area contributed by atoms with Crippen molar-refractivity contribution in [3.05, 3.63) is 76.6 Å². The van der Waals surface area contributed by atoms with Crippen LogP contribution in [-0.4, -0.2) is 21.2 Å². The van der Waals surface area contributed by atoms with E-state index in [1.165, 1.54) is 11.8 Å². The van der Waals surface area contributed by atoms with Crippen molar-refractivity contribution in [1.29, 1.82) is 0 Å². The summed E-state index contributed by atoms with van der Waals surface area (Å²) in [7, 11) is 0. The molecule has 0 aliphatic heterocycles. The van der Waals surface area contributed by atoms with Crippen LogP contribution in [-0.2, 0) is 11.3 Å². The Balaban J connectivity index is 1.61. The number of hydrogen-bond donors (Lipinski definition) is 1. The molecule has 1 heterocycles. The number of carbonyl (C=O) groups excluding carboxylic acids is 1. The highest BCUT2D eigenvalue weighted by atomic mass is 35.5. The summed E-state index contributed by atoms with van der Waals surface area (Å²) in [5, 5.41) is 4.47. The van der Waals surface area contributed by atoms with E-state index < -0.39 is 0 Å². The van der Waals surface area contributed by atoms with E-state index in [0.717, 1.165) is 32.6 Å². The highest BCUT2D eigenvalue weighted by Gasteiger charge is 2.10. The zero-order chi connectivity index (χ0) is 18.5. The molecule has 0 spiro atoms. The number of anilines is 1. The SMILES string of the molecule is Cc1cc(C)cc(NC(=O)CSc2nccn2Cc2ccccc2Cl)c1. The number of carbonyl (C=O) groups is 1. The molecule has 3 aromatic rings. The van der Waals surface area contributed by atoms with E-state index >= 15 is 0 Å². The summed E-state index contributed by atoms with van der Waals surface area (Å²) in [5.41, 5.74) is 4.10. The number of aryl methyl sites for hydroxylation is 2. The van der Waals surface area contributed by atoms with Crippen molar-refractivity contribution in [1.82, 2.24) is 9.55 Å². The van der Waals surface area contributed by atoms with Gasteiger partial charge in [-0.25, -0.2) is 4.98 Å². The third kappa shape index (κ3) is 4.90. The van der Waals surface area contributed by atoms with Gasteiger partial charge in [0.25, 0.3) is 0 Å². The second-order valence-corrected chi connectivity index (χ2v) is 7.49. The lowest BCUT2D eigenvalue weighted by molar-refractivity contribution is -0.113. The van der Waals surface area contributed by atoms with Gasteiger partial charge < -0.3 is 9.88 Å². The molecule has 0 radical (unpaired) electrons. The molecule has 2 aromatic carbocycles. The van der Waals surface area contributed by atoms with E-state index in [-0.39, 0.29) is 5.91 Å². The van der Waals surface area contributed by atoms with Crippen LogP contribution in [0.4, 0.5) is 5.69 Å². The Morgan fingerprint density at radius 2 is 1.92 bits per heavy atom. The van der Waals surface area contributed by atoms with E-state index in [2.05, 4.69) is 16.4 Å². The van der Waals surface area contributed by atoms with Gasteiger partial charge in [-0.2, -0.15) is 0 Å². The summed E-state index contributed by atoms with van der Waals surface area (Å²) in [6.07, 6.45) is 3.63. The van der Waals surface area contributed by atoms with Crippen molar-refractivity contribution in [2.24, 2.45) is 0 Å². The van der Waals surface area contributed by atoms with Crippen molar-refractivity contribution < 1.29 is 4.79 Å². The average molecular weight is 386 g/mol. The second kappa shape index (κ2) is 8.43. The number of hydrogen-bond acceptors (Lipinski definition) is 3. The molecule has 1 aromatic heterocycles. The van der Waals surface area contributed by atoms with Crippen molar-refractivity contribution in [2.75, 3.05) is 11.1 Å². The Morgan fingerprint density at radius 1 is 1.19 bits per heavy atom. The summed E-state index contributed by atoms with van der Waals surface area (Å²) in [6.45, 7) is 4.66. The van der Waals surface area contributed by atoms with Crippen LogP contribution in [0.15, 0.2) is 60.0 Å². The van der Waals surface area contributed by atoms with Crippen LogP contribution in [0.1, 0.15) is 16.7 Å². The van der Waals surface area contributed by atoms with Crippen LogP contribution in [0.2, 0.25) is 5.02 Å². The highest BCUT2D eigenvalue weighted by Crippen LogP contribution is 2.21. The zero-order valence-electron chi connectivity index (χ0n) is 14.7. The van der Waals surface area contributed by atoms with E-state index in [0.29, 0.717) is 12.3 Å². The fraction of sp³-hybridized carbons (Fsp3) is 0.200. The van der Waals surface area contributed by atoms with Gasteiger partial charge in [-0.05, 0) is 48.7 Å². The maximum absolute atomic E-state index is 12.3. The van der Waals surface area contributed by atoms with Gasteiger partial charge in [0.15, 0.2) is 5.16 Å². The molecule has 0 saturated carbocycles. The molecule has 0 saturated heterocycles. The molecular formula is C20H20ClN3OS. The first-order chi connectivity index (χ1) is 12.5. The van der Waals surface area contributed by atoms with Gasteiger partial charge >= 0.3 is 0 Å². The molecule has 0 atom stereocenters. The molecule has 3 rings (SSSR count). The van der Waals surface area contributed by atoms with Crippen LogP contribution >= 0.6 is 23.4 Å². The third-order valence-electron chi connectivity index (χ3n) is 3.81. The van der Waals surface area contributed by atoms with E-state index in [4.69, 9.17) is 11.6 Å². The lowest BCUT2D eigenvalue weighted by atomic mass is 10.1. The Bertz CT molecular complexity index is 903. The minimum Gasteiger partial charge on any atom is -0.325 e. The Kier molecular flexibility index (Phi) is 6.01. The Morgan fingerprint density at radius 3 is 2.65 bits per heavy atom. The maximum Gasteiger partial charge on any atom is 0.234 e. The molecule has 1 N–H and O–H groups in total. The lowest BCUT2D eigenvalue weighted by Crippen LogP contribution is -2.15. The lowest BCUT2D eigenvalue weighted by Gasteiger charge is -2.10. The molecular weight excluding hydrogens is 366 g/mol. The second-order valence-electron chi connectivity index (χ2n) is 6.14. The van der Waals surface area contributed by atoms with Crippen molar-refractivity contribution >= 4 is 35.0 Å². The molecule has 0 unspecified atom stereocenters. The van der Waals surface area contributed by atoms with E-state index in [1.807, 2.05) is 61.0 Å². The molecule has 0 aliphatic carbocycles. The highest BCUT2D eigenvalue weighted by molar-refractivity contribution is 7.99. The molecule has 0 fully saturated rings. The predicted molar refractivity (Wildman–Crippen MR) is 108 cm³/mol. The first-order valence-electron chi connectivity index (χ1n) is 8.27. The fourth-order valence-corrected chi connectivity index (χ4v) is 3.69. The molecule has 26 heavy (non-hydrogen) atoms. The first kappa shape index (κ1) is 18.5. The topological polar surface area (TPSA) is 46.9 Å². The first-order valence-corrected chi connectivity index (χ1v) is 9.63. The normalized spacial score (nSPS) is 10.7. The monoisotopic (exact) mass is 385 g/mol. The van der Waals surface area contributed by atoms with Crippen LogP contribution in [0.5, 0.6) is 0 Å². The van der Waals surface area contributed by atoms with Crippen LogP contribution < -0.4 is 5.32 Å². The Labute approximate surface area is 162 Å². The summed E-state index contributed by atoms with van der Waals surface area (Å²) >= 11 is 7.64. The molecule has 6 heteroatoms. The number of amides is 1. The Hall–Kier alpha value is -2.24. The summed E-state index contributed by atoms with van der Waals surface area (Å²) in [5.74, 6) is 0.249. The number of imidazole rings is 1. The van der Waals surface area contributed by atoms with Gasteiger partial charge in [0.05, 0.1) is 12.3 Å². The van der Waals surface area contributed by atoms with E-state index in [9.17, 15) is 4.79 Å². The molecule has 134 valence electrons.